The summed E-state index contributed by atoms with van der Waals surface area (Å²) in [5.74, 6) is 0.863. The molecule has 0 spiro atoms. The first-order chi connectivity index (χ1) is 13.0. The third-order valence-corrected chi connectivity index (χ3v) is 6.14. The highest BCUT2D eigenvalue weighted by molar-refractivity contribution is 9.10. The highest BCUT2D eigenvalue weighted by Crippen LogP contribution is 2.32. The van der Waals surface area contributed by atoms with Crippen LogP contribution < -0.4 is 5.32 Å². The lowest BCUT2D eigenvalue weighted by atomic mass is 9.95. The number of halogens is 1. The number of hydrogen-bond donors (Lipinski definition) is 1. The number of nitro benzene ring substituents is 1. The van der Waals surface area contributed by atoms with Gasteiger partial charge in [0.05, 0.1) is 16.4 Å². The van der Waals surface area contributed by atoms with Gasteiger partial charge >= 0.3 is 0 Å². The molecule has 0 aliphatic heterocycles. The molecule has 1 aromatic heterocycles. The van der Waals surface area contributed by atoms with E-state index in [0.29, 0.717) is 16.2 Å². The number of nitro groups is 1. The smallest absolute Gasteiger partial charge is 0.270 e. The molecule has 1 aliphatic rings. The second-order valence-electron chi connectivity index (χ2n) is 6.45. The van der Waals surface area contributed by atoms with Gasteiger partial charge in [-0.3, -0.25) is 14.9 Å². The lowest BCUT2D eigenvalue weighted by Crippen LogP contribution is -2.17. The van der Waals surface area contributed by atoms with Crippen LogP contribution in [0.15, 0.2) is 27.8 Å². The van der Waals surface area contributed by atoms with E-state index >= 15 is 0 Å². The van der Waals surface area contributed by atoms with Crippen LogP contribution in [0.2, 0.25) is 0 Å². The Morgan fingerprint density at radius 2 is 2.11 bits per heavy atom. The van der Waals surface area contributed by atoms with Crippen LogP contribution in [0.25, 0.3) is 0 Å². The van der Waals surface area contributed by atoms with E-state index in [-0.39, 0.29) is 17.3 Å². The van der Waals surface area contributed by atoms with E-state index in [1.807, 2.05) is 6.92 Å². The van der Waals surface area contributed by atoms with Gasteiger partial charge < -0.3 is 9.88 Å². The number of non-ortho nitro benzene ring substituents is 1. The molecule has 10 heteroatoms. The Kier molecular flexibility index (Phi) is 6.48. The van der Waals surface area contributed by atoms with E-state index in [1.165, 1.54) is 49.2 Å². The van der Waals surface area contributed by atoms with Crippen LogP contribution in [0.5, 0.6) is 0 Å². The van der Waals surface area contributed by atoms with Gasteiger partial charge in [-0.25, -0.2) is 0 Å². The Morgan fingerprint density at radius 3 is 2.78 bits per heavy atom. The average Bonchev–Trinajstić information content (AvgIpc) is 3.02. The summed E-state index contributed by atoms with van der Waals surface area (Å²) < 4.78 is 2.62. The Bertz CT molecular complexity index is 851. The topological polar surface area (TPSA) is 103 Å². The van der Waals surface area contributed by atoms with E-state index in [4.69, 9.17) is 0 Å². The van der Waals surface area contributed by atoms with Crippen molar-refractivity contribution in [2.24, 2.45) is 0 Å². The molecule has 1 amide bonds. The molecule has 0 unspecified atom stereocenters. The maximum absolute atomic E-state index is 12.3. The largest absolute Gasteiger partial charge is 0.324 e. The number of nitrogens with zero attached hydrogens (tertiary/aromatic N) is 4. The van der Waals surface area contributed by atoms with Gasteiger partial charge in [-0.15, -0.1) is 10.2 Å². The molecule has 1 fully saturated rings. The third-order valence-electron chi connectivity index (χ3n) is 4.54. The van der Waals surface area contributed by atoms with Gasteiger partial charge in [0.1, 0.15) is 5.82 Å². The maximum atomic E-state index is 12.3. The zero-order valence-corrected chi connectivity index (χ0v) is 17.3. The van der Waals surface area contributed by atoms with Crippen LogP contribution in [-0.2, 0) is 4.79 Å². The van der Waals surface area contributed by atoms with Gasteiger partial charge in [0, 0.05) is 22.6 Å². The first-order valence-corrected chi connectivity index (χ1v) is 10.5. The minimum absolute atomic E-state index is 0.0368. The van der Waals surface area contributed by atoms with Gasteiger partial charge in [-0.1, -0.05) is 31.0 Å². The van der Waals surface area contributed by atoms with E-state index in [1.54, 1.807) is 0 Å². The van der Waals surface area contributed by atoms with Crippen LogP contribution in [0.3, 0.4) is 0 Å². The maximum Gasteiger partial charge on any atom is 0.270 e. The molecule has 0 bridgehead atoms. The first-order valence-electron chi connectivity index (χ1n) is 8.74. The summed E-state index contributed by atoms with van der Waals surface area (Å²) in [5, 5.41) is 22.7. The number of hydrogen-bond acceptors (Lipinski definition) is 6. The molecule has 8 nitrogen and oxygen atoms in total. The molecule has 1 aliphatic carbocycles. The lowest BCUT2D eigenvalue weighted by molar-refractivity contribution is -0.384. The minimum Gasteiger partial charge on any atom is -0.324 e. The van der Waals surface area contributed by atoms with Crippen molar-refractivity contribution in [2.75, 3.05) is 11.1 Å². The SMILES string of the molecule is Cc1nnc(SCC(=O)Nc2ccc([N+](=O)[O-])cc2Br)n1C1CCCCC1. The fraction of sp³-hybridized carbons (Fsp3) is 0.471. The van der Waals surface area contributed by atoms with Crippen LogP contribution in [-0.4, -0.2) is 31.3 Å². The molecular formula is C17H20BrN5O3S. The van der Waals surface area contributed by atoms with E-state index < -0.39 is 4.92 Å². The highest BCUT2D eigenvalue weighted by atomic mass is 79.9. The molecule has 0 saturated heterocycles. The number of nitrogens with one attached hydrogen (secondary N) is 1. The van der Waals surface area contributed by atoms with Crippen molar-refractivity contribution in [3.63, 3.8) is 0 Å². The molecule has 144 valence electrons. The summed E-state index contributed by atoms with van der Waals surface area (Å²) in [6.07, 6.45) is 5.93. The fourth-order valence-corrected chi connectivity index (χ4v) is 4.56. The highest BCUT2D eigenvalue weighted by Gasteiger charge is 2.22. The predicted octanol–water partition coefficient (Wildman–Crippen LogP) is 4.49. The monoisotopic (exact) mass is 453 g/mol. The molecule has 0 atom stereocenters. The summed E-state index contributed by atoms with van der Waals surface area (Å²) >= 11 is 4.61. The van der Waals surface area contributed by atoms with E-state index in [9.17, 15) is 14.9 Å². The molecule has 2 aromatic rings. The molecular weight excluding hydrogens is 434 g/mol. The second kappa shape index (κ2) is 8.83. The van der Waals surface area contributed by atoms with Crippen LogP contribution >= 0.6 is 27.7 Å². The second-order valence-corrected chi connectivity index (χ2v) is 8.25. The Morgan fingerprint density at radius 1 is 1.37 bits per heavy atom. The van der Waals surface area contributed by atoms with Gasteiger partial charge in [-0.05, 0) is 41.8 Å². The van der Waals surface area contributed by atoms with Gasteiger partial charge in [0.25, 0.3) is 5.69 Å². The Labute approximate surface area is 169 Å². The van der Waals surface area contributed by atoms with Crippen molar-refractivity contribution >= 4 is 45.0 Å². The summed E-state index contributed by atoms with van der Waals surface area (Å²) in [5.41, 5.74) is 0.460. The quantitative estimate of drug-likeness (QED) is 0.392. The Hall–Kier alpha value is -1.94. The number of thioether (sulfide) groups is 1. The number of benzene rings is 1. The zero-order valence-electron chi connectivity index (χ0n) is 14.9. The standard InChI is InChI=1S/C17H20BrN5O3S/c1-11-20-21-17(22(11)12-5-3-2-4-6-12)27-10-16(24)19-15-8-7-13(23(25)26)9-14(15)18/h7-9,12H,2-6,10H2,1H3,(H,19,24). The number of aromatic nitrogens is 3. The summed E-state index contributed by atoms with van der Waals surface area (Å²) in [6.45, 7) is 1.94. The van der Waals surface area contributed by atoms with Crippen molar-refractivity contribution in [3.8, 4) is 0 Å². The first kappa shape index (κ1) is 19.8. The number of rotatable bonds is 6. The molecule has 1 heterocycles. The minimum atomic E-state index is -0.480. The van der Waals surface area contributed by atoms with Crippen LogP contribution in [0.4, 0.5) is 11.4 Å². The third kappa shape index (κ3) is 4.86. The zero-order chi connectivity index (χ0) is 19.4. The number of amides is 1. The van der Waals surface area contributed by atoms with E-state index in [2.05, 4.69) is 36.0 Å². The molecule has 1 N–H and O–H groups in total. The molecule has 27 heavy (non-hydrogen) atoms. The molecule has 1 saturated carbocycles. The number of carbonyl (C=O) groups excluding carboxylic acids is 1. The van der Waals surface area contributed by atoms with Gasteiger partial charge in [0.2, 0.25) is 5.91 Å². The lowest BCUT2D eigenvalue weighted by Gasteiger charge is -2.24. The van der Waals surface area contributed by atoms with Crippen LogP contribution in [0, 0.1) is 17.0 Å². The molecule has 3 rings (SSSR count). The predicted molar refractivity (Wildman–Crippen MR) is 107 cm³/mol. The summed E-state index contributed by atoms with van der Waals surface area (Å²) in [7, 11) is 0. The number of anilines is 1. The van der Waals surface area contributed by atoms with Crippen molar-refractivity contribution in [3.05, 3.63) is 38.6 Å². The van der Waals surface area contributed by atoms with Gasteiger partial charge in [-0.2, -0.15) is 0 Å². The normalized spacial score (nSPS) is 14.9. The molecule has 1 aromatic carbocycles. The summed E-state index contributed by atoms with van der Waals surface area (Å²) in [4.78, 5) is 22.6. The van der Waals surface area contributed by atoms with Crippen molar-refractivity contribution in [1.82, 2.24) is 14.8 Å². The van der Waals surface area contributed by atoms with Crippen LogP contribution in [0.1, 0.15) is 44.0 Å². The average molecular weight is 454 g/mol. The molecule has 0 radical (unpaired) electrons. The van der Waals surface area contributed by atoms with Crippen molar-refractivity contribution in [1.29, 1.82) is 0 Å². The number of aryl methyl sites for hydroxylation is 1. The summed E-state index contributed by atoms with van der Waals surface area (Å²) in [6, 6.07) is 4.64. The fourth-order valence-electron chi connectivity index (χ4n) is 3.24. The number of carbonyl (C=O) groups is 1. The van der Waals surface area contributed by atoms with Crippen molar-refractivity contribution in [2.45, 2.75) is 50.2 Å². The van der Waals surface area contributed by atoms with E-state index in [0.717, 1.165) is 23.8 Å². The van der Waals surface area contributed by atoms with Gasteiger partial charge in [0.15, 0.2) is 5.16 Å². The Balaban J connectivity index is 1.62. The van der Waals surface area contributed by atoms with Crippen molar-refractivity contribution < 1.29 is 9.72 Å².